The summed E-state index contributed by atoms with van der Waals surface area (Å²) in [6.07, 6.45) is 4.39. The van der Waals surface area contributed by atoms with E-state index < -0.39 is 15.6 Å². The van der Waals surface area contributed by atoms with Crippen molar-refractivity contribution < 1.29 is 18.6 Å². The number of anilines is 1. The number of ether oxygens (including phenoxy) is 1. The maximum Gasteiger partial charge on any atom is 0.275 e. The number of nitrogens with one attached hydrogen (secondary N) is 3. The standard InChI is InChI=1S/C25H38N6O4S/c1-5-8-20(26)22-23(27-4)25(32)30-24(29-22)19-16-18(10-11-21(19)35-15-6-2)36(33,34)28-12-14-31-13-7-9-17(31)3/h10-11,16-17,26-28H,5-9,12-15H2,1-4H3,(H,29,30,32)/p+1. The predicted molar refractivity (Wildman–Crippen MR) is 142 cm³/mol. The van der Waals surface area contributed by atoms with Crippen LogP contribution in [0.3, 0.4) is 0 Å². The minimum absolute atomic E-state index is 0.0724. The molecule has 0 amide bonds. The normalized spacial score (nSPS) is 16.3. The van der Waals surface area contributed by atoms with E-state index >= 15 is 0 Å². The van der Waals surface area contributed by atoms with Gasteiger partial charge in [-0.2, -0.15) is 0 Å². The lowest BCUT2D eigenvalue weighted by Crippen LogP contribution is -2.42. The van der Waals surface area contributed by atoms with Crippen molar-refractivity contribution in [2.24, 2.45) is 0 Å². The number of hydrogen-bond acceptors (Lipinski definition) is 7. The second-order valence-electron chi connectivity index (χ2n) is 9.09. The van der Waals surface area contributed by atoms with Crippen LogP contribution in [-0.4, -0.2) is 68.3 Å². The average Bonchev–Trinajstić information content (AvgIpc) is 3.26. The van der Waals surface area contributed by atoms with Crippen LogP contribution < -0.4 is 25.7 Å². The zero-order valence-corrected chi connectivity index (χ0v) is 22.5. The highest BCUT2D eigenvalue weighted by Gasteiger charge is 2.24. The van der Waals surface area contributed by atoms with Crippen molar-refractivity contribution in [2.45, 2.75) is 63.8 Å². The molecule has 10 nitrogen and oxygen atoms in total. The number of nitrogens with two attached hydrogens (primary N) is 1. The Hall–Kier alpha value is -2.76. The molecule has 2 heterocycles. The van der Waals surface area contributed by atoms with Crippen molar-refractivity contribution in [1.82, 2.24) is 19.6 Å². The largest absolute Gasteiger partial charge is 0.493 e. The summed E-state index contributed by atoms with van der Waals surface area (Å²) in [6, 6.07) is 5.06. The molecular weight excluding hydrogens is 480 g/mol. The van der Waals surface area contributed by atoms with Crippen LogP contribution in [0.2, 0.25) is 0 Å². The highest BCUT2D eigenvalue weighted by atomic mass is 32.2. The highest BCUT2D eigenvalue weighted by Crippen LogP contribution is 2.31. The van der Waals surface area contributed by atoms with Gasteiger partial charge in [-0.3, -0.25) is 15.1 Å². The van der Waals surface area contributed by atoms with E-state index in [1.54, 1.807) is 13.1 Å². The van der Waals surface area contributed by atoms with Crippen LogP contribution in [0.1, 0.15) is 58.6 Å². The number of rotatable bonds is 13. The summed E-state index contributed by atoms with van der Waals surface area (Å²) in [4.78, 5) is 22.6. The molecule has 3 rings (SSSR count). The Morgan fingerprint density at radius 3 is 2.72 bits per heavy atom. The van der Waals surface area contributed by atoms with Crippen LogP contribution in [0.15, 0.2) is 27.9 Å². The molecule has 0 bridgehead atoms. The lowest BCUT2D eigenvalue weighted by atomic mass is 10.1. The first-order valence-electron chi connectivity index (χ1n) is 12.7. The van der Waals surface area contributed by atoms with E-state index in [0.717, 1.165) is 32.2 Å². The number of aromatic amines is 1. The molecule has 36 heavy (non-hydrogen) atoms. The van der Waals surface area contributed by atoms with Gasteiger partial charge >= 0.3 is 0 Å². The summed E-state index contributed by atoms with van der Waals surface area (Å²) in [5.41, 5.74) is 1.08. The van der Waals surface area contributed by atoms with Gasteiger partial charge in [0.1, 0.15) is 17.3 Å². The van der Waals surface area contributed by atoms with Gasteiger partial charge in [-0.05, 0) is 57.4 Å². The first-order valence-corrected chi connectivity index (χ1v) is 14.1. The van der Waals surface area contributed by atoms with Gasteiger partial charge in [-0.1, -0.05) is 13.8 Å². The molecule has 0 radical (unpaired) electrons. The zero-order chi connectivity index (χ0) is 26.3. The topological polar surface area (TPSA) is 142 Å². The van der Waals surface area contributed by atoms with Gasteiger partial charge in [0.2, 0.25) is 15.7 Å². The molecule has 1 aliphatic rings. The minimum atomic E-state index is -3.79. The molecule has 1 unspecified atom stereocenters. The molecule has 11 heteroatoms. The van der Waals surface area contributed by atoms with Gasteiger partial charge in [0.15, 0.2) is 5.69 Å². The monoisotopic (exact) mass is 519 g/mol. The molecule has 1 aromatic carbocycles. The van der Waals surface area contributed by atoms with Crippen LogP contribution in [-0.2, 0) is 10.0 Å². The number of H-pyrrole nitrogens is 1. The number of hydrogen-bond donors (Lipinski definition) is 4. The molecule has 5 N–H and O–H groups in total. The summed E-state index contributed by atoms with van der Waals surface area (Å²) in [7, 11) is -2.16. The number of benzene rings is 1. The molecule has 0 aliphatic carbocycles. The van der Waals surface area contributed by atoms with Crippen molar-refractivity contribution >= 4 is 21.4 Å². The molecule has 1 aromatic heterocycles. The van der Waals surface area contributed by atoms with E-state index in [4.69, 9.17) is 10.1 Å². The van der Waals surface area contributed by atoms with Crippen molar-refractivity contribution in [2.75, 3.05) is 38.6 Å². The van der Waals surface area contributed by atoms with E-state index in [2.05, 4.69) is 31.8 Å². The first kappa shape index (κ1) is 27.8. The van der Waals surface area contributed by atoms with E-state index in [0.29, 0.717) is 54.9 Å². The Kier molecular flexibility index (Phi) is 9.63. The fraction of sp³-hybridized carbons (Fsp3) is 0.560. The Labute approximate surface area is 213 Å². The summed E-state index contributed by atoms with van der Waals surface area (Å²) in [6.45, 7) is 8.51. The second-order valence-corrected chi connectivity index (χ2v) is 10.9. The lowest BCUT2D eigenvalue weighted by Gasteiger charge is -2.21. The quantitative estimate of drug-likeness (QED) is 0.293. The molecule has 0 spiro atoms. The summed E-state index contributed by atoms with van der Waals surface area (Å²) < 4.78 is 34.8. The van der Waals surface area contributed by atoms with Crippen LogP contribution in [0.25, 0.3) is 11.4 Å². The highest BCUT2D eigenvalue weighted by molar-refractivity contribution is 7.89. The third-order valence-corrected chi connectivity index (χ3v) is 7.81. The maximum atomic E-state index is 13.1. The smallest absolute Gasteiger partial charge is 0.275 e. The summed E-state index contributed by atoms with van der Waals surface area (Å²) in [5.74, 6) is 0.629. The van der Waals surface area contributed by atoms with E-state index in [1.165, 1.54) is 12.1 Å². The molecule has 0 saturated carbocycles. The van der Waals surface area contributed by atoms with Crippen LogP contribution in [0.5, 0.6) is 5.75 Å². The molecular formula is C25H39N6O4S+. The third-order valence-electron chi connectivity index (χ3n) is 6.35. The van der Waals surface area contributed by atoms with Gasteiger partial charge in [-0.15, -0.1) is 0 Å². The third kappa shape index (κ3) is 6.51. The fourth-order valence-corrected chi connectivity index (χ4v) is 5.43. The van der Waals surface area contributed by atoms with E-state index in [1.807, 2.05) is 13.8 Å². The van der Waals surface area contributed by atoms with Crippen molar-refractivity contribution in [3.63, 3.8) is 0 Å². The second kappa shape index (κ2) is 12.5. The SMILES string of the molecule is CCCOc1ccc(S(=O)(=O)NCCN2CCCC2C)cc1-c1nc(C(=[NH2+])CCC)c(NC)c(=O)[nH]1. The zero-order valence-electron chi connectivity index (χ0n) is 21.7. The van der Waals surface area contributed by atoms with Crippen LogP contribution >= 0.6 is 0 Å². The molecule has 1 saturated heterocycles. The molecule has 1 atom stereocenters. The molecule has 1 aliphatic heterocycles. The number of sulfonamides is 1. The lowest BCUT2D eigenvalue weighted by molar-refractivity contribution is -0.115. The minimum Gasteiger partial charge on any atom is -0.493 e. The summed E-state index contributed by atoms with van der Waals surface area (Å²) in [5, 5.41) is 9.12. The van der Waals surface area contributed by atoms with Crippen molar-refractivity contribution in [3.8, 4) is 17.1 Å². The Bertz CT molecular complexity index is 1230. The average molecular weight is 520 g/mol. The number of likely N-dealkylation sites (tertiary alicyclic amines) is 1. The molecule has 2 aromatic rings. The predicted octanol–water partition coefficient (Wildman–Crippen LogP) is 1.38. The Balaban J connectivity index is 1.98. The van der Waals surface area contributed by atoms with Gasteiger partial charge in [0, 0.05) is 32.6 Å². The maximum absolute atomic E-state index is 13.1. The van der Waals surface area contributed by atoms with Crippen LogP contribution in [0, 0.1) is 0 Å². The van der Waals surface area contributed by atoms with Gasteiger partial charge in [-0.25, -0.2) is 18.1 Å². The Morgan fingerprint density at radius 1 is 1.31 bits per heavy atom. The van der Waals surface area contributed by atoms with Gasteiger partial charge < -0.3 is 15.0 Å². The number of aromatic nitrogens is 2. The van der Waals surface area contributed by atoms with Gasteiger partial charge in [0.05, 0.1) is 17.1 Å². The van der Waals surface area contributed by atoms with E-state index in [-0.39, 0.29) is 16.4 Å². The van der Waals surface area contributed by atoms with E-state index in [9.17, 15) is 13.2 Å². The molecule has 1 fully saturated rings. The molecule has 198 valence electrons. The van der Waals surface area contributed by atoms with Crippen molar-refractivity contribution in [3.05, 3.63) is 34.2 Å². The van der Waals surface area contributed by atoms with Crippen molar-refractivity contribution in [1.29, 1.82) is 0 Å². The summed E-state index contributed by atoms with van der Waals surface area (Å²) >= 11 is 0. The Morgan fingerprint density at radius 2 is 2.08 bits per heavy atom. The van der Waals surface area contributed by atoms with Gasteiger partial charge in [0.25, 0.3) is 5.56 Å². The number of nitrogens with zero attached hydrogens (tertiary/aromatic N) is 2. The van der Waals surface area contributed by atoms with Crippen LogP contribution in [0.4, 0.5) is 5.69 Å². The first-order chi connectivity index (χ1) is 17.2. The fourth-order valence-electron chi connectivity index (χ4n) is 4.38.